The SMILES string of the molecule is CCCCCCCCOC(=O)c1c(O)cc(OC)cc1C(F)(F)F. The highest BCUT2D eigenvalue weighted by Crippen LogP contribution is 2.39. The van der Waals surface area contributed by atoms with Gasteiger partial charge in [0.1, 0.15) is 17.1 Å². The van der Waals surface area contributed by atoms with Crippen LogP contribution >= 0.6 is 0 Å². The van der Waals surface area contributed by atoms with Gasteiger partial charge in [0.05, 0.1) is 19.3 Å². The molecule has 1 N–H and O–H groups in total. The maximum atomic E-state index is 13.1. The van der Waals surface area contributed by atoms with Gasteiger partial charge in [-0.25, -0.2) is 4.79 Å². The summed E-state index contributed by atoms with van der Waals surface area (Å²) in [5.74, 6) is -2.18. The van der Waals surface area contributed by atoms with Gasteiger partial charge >= 0.3 is 12.1 Å². The predicted octanol–water partition coefficient (Wildman–Crippen LogP) is 4.94. The van der Waals surface area contributed by atoms with E-state index in [1.54, 1.807) is 0 Å². The van der Waals surface area contributed by atoms with Crippen molar-refractivity contribution >= 4 is 5.97 Å². The number of hydrogen-bond donors (Lipinski definition) is 1. The fourth-order valence-electron chi connectivity index (χ4n) is 2.28. The summed E-state index contributed by atoms with van der Waals surface area (Å²) in [5, 5.41) is 9.76. The Morgan fingerprint density at radius 1 is 1.12 bits per heavy atom. The lowest BCUT2D eigenvalue weighted by Gasteiger charge is -2.15. The Bertz CT molecular complexity index is 541. The third-order valence-electron chi connectivity index (χ3n) is 3.57. The normalized spacial score (nSPS) is 11.4. The molecule has 0 unspecified atom stereocenters. The molecular weight excluding hydrogens is 325 g/mol. The van der Waals surface area contributed by atoms with Crippen molar-refractivity contribution in [2.75, 3.05) is 13.7 Å². The minimum atomic E-state index is -4.81. The van der Waals surface area contributed by atoms with Gasteiger partial charge in [-0.05, 0) is 12.5 Å². The number of unbranched alkanes of at least 4 members (excludes halogenated alkanes) is 5. The Morgan fingerprint density at radius 3 is 2.33 bits per heavy atom. The number of rotatable bonds is 9. The summed E-state index contributed by atoms with van der Waals surface area (Å²) in [6, 6.07) is 1.62. The molecular formula is C17H23F3O4. The van der Waals surface area contributed by atoms with Crippen LogP contribution in [0.1, 0.15) is 61.4 Å². The number of aromatic hydroxyl groups is 1. The van der Waals surface area contributed by atoms with Crippen molar-refractivity contribution in [2.24, 2.45) is 0 Å². The average molecular weight is 348 g/mol. The number of ether oxygens (including phenoxy) is 2. The molecule has 0 saturated carbocycles. The number of methoxy groups -OCH3 is 1. The summed E-state index contributed by atoms with van der Waals surface area (Å²) >= 11 is 0. The summed E-state index contributed by atoms with van der Waals surface area (Å²) in [6.45, 7) is 2.12. The highest BCUT2D eigenvalue weighted by atomic mass is 19.4. The Kier molecular flexibility index (Phi) is 7.88. The quantitative estimate of drug-likeness (QED) is 0.507. The number of benzene rings is 1. The van der Waals surface area contributed by atoms with Gasteiger partial charge in [0.2, 0.25) is 0 Å². The van der Waals surface area contributed by atoms with E-state index < -0.39 is 29.0 Å². The fraction of sp³-hybridized carbons (Fsp3) is 0.588. The van der Waals surface area contributed by atoms with Gasteiger partial charge in [-0.15, -0.1) is 0 Å². The molecule has 0 aliphatic rings. The van der Waals surface area contributed by atoms with Crippen LogP contribution in [-0.4, -0.2) is 24.8 Å². The number of phenols is 1. The Hall–Kier alpha value is -1.92. The summed E-state index contributed by atoms with van der Waals surface area (Å²) in [5.41, 5.74) is -2.15. The van der Waals surface area contributed by atoms with E-state index >= 15 is 0 Å². The molecule has 0 bridgehead atoms. The van der Waals surface area contributed by atoms with Crippen molar-refractivity contribution < 1.29 is 32.5 Å². The first kappa shape index (κ1) is 20.1. The summed E-state index contributed by atoms with van der Waals surface area (Å²) in [6.07, 6.45) is 0.942. The van der Waals surface area contributed by atoms with E-state index in [2.05, 4.69) is 6.92 Å². The number of esters is 1. The monoisotopic (exact) mass is 348 g/mol. The average Bonchev–Trinajstić information content (AvgIpc) is 2.52. The highest BCUT2D eigenvalue weighted by molar-refractivity contribution is 5.94. The van der Waals surface area contributed by atoms with Gasteiger partial charge in [-0.2, -0.15) is 13.2 Å². The Morgan fingerprint density at radius 2 is 1.75 bits per heavy atom. The van der Waals surface area contributed by atoms with E-state index in [1.807, 2.05) is 0 Å². The van der Waals surface area contributed by atoms with Crippen LogP contribution in [0.25, 0.3) is 0 Å². The highest BCUT2D eigenvalue weighted by Gasteiger charge is 2.38. The van der Waals surface area contributed by atoms with Gasteiger partial charge in [-0.1, -0.05) is 39.0 Å². The molecule has 4 nitrogen and oxygen atoms in total. The molecule has 0 fully saturated rings. The number of halogens is 3. The Labute approximate surface area is 139 Å². The molecule has 1 rings (SSSR count). The second kappa shape index (κ2) is 9.39. The van der Waals surface area contributed by atoms with Gasteiger partial charge in [0.15, 0.2) is 0 Å². The first-order valence-electron chi connectivity index (χ1n) is 7.96. The molecule has 0 atom stereocenters. The van der Waals surface area contributed by atoms with Crippen LogP contribution in [0.2, 0.25) is 0 Å². The minimum absolute atomic E-state index is 0.0216. The lowest BCUT2D eigenvalue weighted by molar-refractivity contribution is -0.138. The molecule has 1 aromatic rings. The largest absolute Gasteiger partial charge is 0.507 e. The molecule has 7 heteroatoms. The predicted molar refractivity (Wildman–Crippen MR) is 83.3 cm³/mol. The zero-order valence-corrected chi connectivity index (χ0v) is 13.9. The van der Waals surface area contributed by atoms with Crippen molar-refractivity contribution in [3.8, 4) is 11.5 Å². The van der Waals surface area contributed by atoms with Crippen molar-refractivity contribution in [2.45, 2.75) is 51.6 Å². The van der Waals surface area contributed by atoms with Crippen LogP contribution in [0.5, 0.6) is 11.5 Å². The van der Waals surface area contributed by atoms with Crippen LogP contribution in [0.3, 0.4) is 0 Å². The summed E-state index contributed by atoms with van der Waals surface area (Å²) in [4.78, 5) is 11.9. The minimum Gasteiger partial charge on any atom is -0.507 e. The van der Waals surface area contributed by atoms with Crippen molar-refractivity contribution in [3.63, 3.8) is 0 Å². The van der Waals surface area contributed by atoms with E-state index in [9.17, 15) is 23.1 Å². The number of phenolic OH excluding ortho intramolecular Hbond substituents is 1. The zero-order chi connectivity index (χ0) is 18.2. The van der Waals surface area contributed by atoms with Gasteiger partial charge in [0.25, 0.3) is 0 Å². The van der Waals surface area contributed by atoms with Gasteiger partial charge in [-0.3, -0.25) is 0 Å². The molecule has 0 radical (unpaired) electrons. The van der Waals surface area contributed by atoms with E-state index in [4.69, 9.17) is 9.47 Å². The number of carbonyl (C=O) groups excluding carboxylic acids is 1. The van der Waals surface area contributed by atoms with Gasteiger partial charge in [0, 0.05) is 6.07 Å². The maximum Gasteiger partial charge on any atom is 0.417 e. The third kappa shape index (κ3) is 5.94. The number of carbonyl (C=O) groups is 1. The van der Waals surface area contributed by atoms with E-state index in [-0.39, 0.29) is 12.4 Å². The second-order valence-electron chi connectivity index (χ2n) is 5.47. The molecule has 0 amide bonds. The molecule has 0 aliphatic carbocycles. The smallest absolute Gasteiger partial charge is 0.417 e. The molecule has 0 aromatic heterocycles. The standard InChI is InChI=1S/C17H23F3O4/c1-3-4-5-6-7-8-9-24-16(22)15-13(17(18,19)20)10-12(23-2)11-14(15)21/h10-11,21H,3-9H2,1-2H3. The third-order valence-corrected chi connectivity index (χ3v) is 3.57. The zero-order valence-electron chi connectivity index (χ0n) is 13.9. The number of hydrogen-bond acceptors (Lipinski definition) is 4. The molecule has 24 heavy (non-hydrogen) atoms. The van der Waals surface area contributed by atoms with Crippen molar-refractivity contribution in [1.29, 1.82) is 0 Å². The van der Waals surface area contributed by atoms with E-state index in [0.717, 1.165) is 38.2 Å². The second-order valence-corrected chi connectivity index (χ2v) is 5.47. The maximum absolute atomic E-state index is 13.1. The van der Waals surface area contributed by atoms with Gasteiger partial charge < -0.3 is 14.6 Å². The Balaban J connectivity index is 2.73. The van der Waals surface area contributed by atoms with E-state index in [1.165, 1.54) is 7.11 Å². The lowest BCUT2D eigenvalue weighted by Crippen LogP contribution is -2.16. The van der Waals surface area contributed by atoms with Crippen LogP contribution < -0.4 is 4.74 Å². The fourth-order valence-corrected chi connectivity index (χ4v) is 2.28. The topological polar surface area (TPSA) is 55.8 Å². The molecule has 136 valence electrons. The van der Waals surface area contributed by atoms with Crippen LogP contribution in [0.15, 0.2) is 12.1 Å². The number of alkyl halides is 3. The lowest BCUT2D eigenvalue weighted by atomic mass is 10.1. The first-order valence-corrected chi connectivity index (χ1v) is 7.96. The molecule has 0 spiro atoms. The molecule has 0 heterocycles. The molecule has 1 aromatic carbocycles. The van der Waals surface area contributed by atoms with Crippen LogP contribution in [0, 0.1) is 0 Å². The van der Waals surface area contributed by atoms with Crippen molar-refractivity contribution in [3.05, 3.63) is 23.3 Å². The molecule has 0 aliphatic heterocycles. The first-order chi connectivity index (χ1) is 11.3. The summed E-state index contributed by atoms with van der Waals surface area (Å²) < 4.78 is 48.9. The van der Waals surface area contributed by atoms with Crippen molar-refractivity contribution in [1.82, 2.24) is 0 Å². The van der Waals surface area contributed by atoms with Crippen LogP contribution in [-0.2, 0) is 10.9 Å². The van der Waals surface area contributed by atoms with E-state index in [0.29, 0.717) is 12.5 Å². The summed E-state index contributed by atoms with van der Waals surface area (Å²) in [7, 11) is 1.17. The molecule has 0 saturated heterocycles. The van der Waals surface area contributed by atoms with Crippen LogP contribution in [0.4, 0.5) is 13.2 Å².